The number of hydrogen-bond acceptors (Lipinski definition) is 5. The van der Waals surface area contributed by atoms with Crippen LogP contribution in [-0.4, -0.2) is 60.3 Å². The van der Waals surface area contributed by atoms with Gasteiger partial charge in [-0.3, -0.25) is 14.4 Å². The van der Waals surface area contributed by atoms with Crippen LogP contribution < -0.4 is 16.4 Å². The molecule has 1 saturated heterocycles. The molecule has 1 aliphatic rings. The van der Waals surface area contributed by atoms with Crippen molar-refractivity contribution in [1.29, 1.82) is 0 Å². The van der Waals surface area contributed by atoms with Gasteiger partial charge in [-0.2, -0.15) is 11.8 Å². The van der Waals surface area contributed by atoms with E-state index in [9.17, 15) is 14.4 Å². The first-order valence-corrected chi connectivity index (χ1v) is 8.95. The second-order valence-electron chi connectivity index (χ2n) is 5.40. The van der Waals surface area contributed by atoms with Crippen LogP contribution in [0, 0.1) is 0 Å². The molecule has 2 rings (SSSR count). The number of halogens is 1. The summed E-state index contributed by atoms with van der Waals surface area (Å²) in [4.78, 5) is 36.8. The van der Waals surface area contributed by atoms with E-state index in [0.717, 1.165) is 30.2 Å². The lowest BCUT2D eigenvalue weighted by Gasteiger charge is -2.26. The van der Waals surface area contributed by atoms with Crippen LogP contribution in [0.2, 0.25) is 0 Å². The number of nitrogens with one attached hydrogen (secondary N) is 2. The summed E-state index contributed by atoms with van der Waals surface area (Å²) in [6, 6.07) is 7.14. The number of anilines is 1. The average molecular weight is 387 g/mol. The number of thioether (sulfide) groups is 1. The molecule has 1 aromatic carbocycles. The van der Waals surface area contributed by atoms with Gasteiger partial charge in [0.25, 0.3) is 0 Å². The van der Waals surface area contributed by atoms with Crippen molar-refractivity contribution >= 4 is 47.6 Å². The summed E-state index contributed by atoms with van der Waals surface area (Å²) in [6.07, 6.45) is 0.367. The van der Waals surface area contributed by atoms with Gasteiger partial charge in [0.15, 0.2) is 0 Å². The van der Waals surface area contributed by atoms with E-state index in [4.69, 9.17) is 5.73 Å². The Morgan fingerprint density at radius 2 is 1.72 bits per heavy atom. The summed E-state index contributed by atoms with van der Waals surface area (Å²) in [7, 11) is 0. The number of benzene rings is 1. The van der Waals surface area contributed by atoms with Gasteiger partial charge in [-0.15, -0.1) is 12.4 Å². The van der Waals surface area contributed by atoms with Crippen LogP contribution in [0.15, 0.2) is 24.3 Å². The molecule has 7 nitrogen and oxygen atoms in total. The number of nitrogens with two attached hydrogens (primary N) is 1. The molecule has 25 heavy (non-hydrogen) atoms. The Bertz CT molecular complexity index is 592. The molecule has 1 fully saturated rings. The Hall–Kier alpha value is -1.77. The van der Waals surface area contributed by atoms with Gasteiger partial charge in [0.05, 0.1) is 19.5 Å². The summed E-state index contributed by atoms with van der Waals surface area (Å²) in [6.45, 7) is 1.35. The molecule has 1 aliphatic heterocycles. The highest BCUT2D eigenvalue weighted by Crippen LogP contribution is 2.13. The van der Waals surface area contributed by atoms with Crippen LogP contribution in [-0.2, 0) is 20.8 Å². The molecule has 0 aliphatic carbocycles. The van der Waals surface area contributed by atoms with Crippen LogP contribution in [0.1, 0.15) is 5.56 Å². The number of carbonyl (C=O) groups excluding carboxylic acids is 3. The molecule has 1 heterocycles. The van der Waals surface area contributed by atoms with Crippen LogP contribution in [0.25, 0.3) is 0 Å². The summed E-state index contributed by atoms with van der Waals surface area (Å²) < 4.78 is 0. The lowest BCUT2D eigenvalue weighted by atomic mass is 10.1. The van der Waals surface area contributed by atoms with E-state index in [0.29, 0.717) is 12.1 Å². The van der Waals surface area contributed by atoms with Crippen molar-refractivity contribution in [3.05, 3.63) is 29.8 Å². The molecule has 0 aromatic heterocycles. The fourth-order valence-corrected chi connectivity index (χ4v) is 3.16. The molecule has 1 aromatic rings. The molecule has 0 saturated carbocycles. The Balaban J connectivity index is 0.00000312. The topological polar surface area (TPSA) is 105 Å². The zero-order chi connectivity index (χ0) is 17.4. The molecule has 0 unspecified atom stereocenters. The van der Waals surface area contributed by atoms with Crippen molar-refractivity contribution in [3.8, 4) is 0 Å². The Kier molecular flexibility index (Phi) is 9.33. The van der Waals surface area contributed by atoms with Gasteiger partial charge in [0, 0.05) is 30.3 Å². The van der Waals surface area contributed by atoms with Gasteiger partial charge in [0.1, 0.15) is 0 Å². The highest BCUT2D eigenvalue weighted by atomic mass is 35.5. The maximum atomic E-state index is 12.2. The zero-order valence-electron chi connectivity index (χ0n) is 13.8. The van der Waals surface area contributed by atoms with E-state index in [-0.39, 0.29) is 43.2 Å². The van der Waals surface area contributed by atoms with Gasteiger partial charge < -0.3 is 21.3 Å². The minimum Gasteiger partial charge on any atom is -0.346 e. The second kappa shape index (κ2) is 11.0. The quantitative estimate of drug-likeness (QED) is 0.649. The van der Waals surface area contributed by atoms with Crippen molar-refractivity contribution in [2.45, 2.75) is 6.42 Å². The summed E-state index contributed by atoms with van der Waals surface area (Å²) in [5.74, 6) is 1.42. The number of rotatable bonds is 6. The van der Waals surface area contributed by atoms with Gasteiger partial charge in [-0.05, 0) is 17.7 Å². The van der Waals surface area contributed by atoms with Gasteiger partial charge in [0.2, 0.25) is 17.7 Å². The number of hydrogen-bond donors (Lipinski definition) is 3. The minimum absolute atomic E-state index is 0. The number of carbonyl (C=O) groups is 3. The van der Waals surface area contributed by atoms with Gasteiger partial charge in [-0.25, -0.2) is 0 Å². The van der Waals surface area contributed by atoms with E-state index < -0.39 is 0 Å². The number of amides is 3. The predicted octanol–water partition coefficient (Wildman–Crippen LogP) is 0.240. The molecule has 4 N–H and O–H groups in total. The van der Waals surface area contributed by atoms with Crippen LogP contribution in [0.4, 0.5) is 5.69 Å². The zero-order valence-corrected chi connectivity index (χ0v) is 15.5. The number of nitrogens with zero attached hydrogens (tertiary/aromatic N) is 1. The van der Waals surface area contributed by atoms with Crippen LogP contribution in [0.5, 0.6) is 0 Å². The highest BCUT2D eigenvalue weighted by Gasteiger charge is 2.16. The lowest BCUT2D eigenvalue weighted by molar-refractivity contribution is -0.130. The third kappa shape index (κ3) is 7.33. The smallest absolute Gasteiger partial charge is 0.243 e. The summed E-state index contributed by atoms with van der Waals surface area (Å²) >= 11 is 1.87. The third-order valence-electron chi connectivity index (χ3n) is 3.59. The first-order chi connectivity index (χ1) is 11.6. The van der Waals surface area contributed by atoms with Crippen LogP contribution >= 0.6 is 24.2 Å². The maximum Gasteiger partial charge on any atom is 0.243 e. The highest BCUT2D eigenvalue weighted by molar-refractivity contribution is 7.99. The van der Waals surface area contributed by atoms with Gasteiger partial charge in [-0.1, -0.05) is 12.1 Å². The molecule has 9 heteroatoms. The van der Waals surface area contributed by atoms with Crippen LogP contribution in [0.3, 0.4) is 0 Å². The molecule has 0 spiro atoms. The first kappa shape index (κ1) is 21.3. The normalized spacial score (nSPS) is 13.6. The molecule has 3 amide bonds. The van der Waals surface area contributed by atoms with Crippen molar-refractivity contribution < 1.29 is 14.4 Å². The molecular formula is C16H23ClN4O3S. The van der Waals surface area contributed by atoms with Crippen molar-refractivity contribution in [2.24, 2.45) is 5.73 Å². The monoisotopic (exact) mass is 386 g/mol. The van der Waals surface area contributed by atoms with E-state index in [1.807, 2.05) is 28.8 Å². The molecule has 138 valence electrons. The standard InChI is InChI=1S/C16H22N4O3S.ClH/c17-10-14(21)18-11-15(22)19-13-3-1-12(2-4-13)9-16(23)20-5-7-24-8-6-20;/h1-4H,5-11,17H2,(H,18,21)(H,19,22);1H. The van der Waals surface area contributed by atoms with E-state index >= 15 is 0 Å². The Morgan fingerprint density at radius 1 is 1.08 bits per heavy atom. The van der Waals surface area contributed by atoms with Gasteiger partial charge >= 0.3 is 0 Å². The van der Waals surface area contributed by atoms with E-state index in [1.54, 1.807) is 12.1 Å². The largest absolute Gasteiger partial charge is 0.346 e. The summed E-state index contributed by atoms with van der Waals surface area (Å²) in [5, 5.41) is 5.07. The predicted molar refractivity (Wildman–Crippen MR) is 102 cm³/mol. The Labute approximate surface area is 157 Å². The molecule has 0 atom stereocenters. The van der Waals surface area contributed by atoms with Crippen molar-refractivity contribution in [2.75, 3.05) is 43.0 Å². The fourth-order valence-electron chi connectivity index (χ4n) is 2.26. The van der Waals surface area contributed by atoms with E-state index in [2.05, 4.69) is 10.6 Å². The first-order valence-electron chi connectivity index (χ1n) is 7.79. The van der Waals surface area contributed by atoms with Crippen molar-refractivity contribution in [3.63, 3.8) is 0 Å². The fraction of sp³-hybridized carbons (Fsp3) is 0.438. The lowest BCUT2D eigenvalue weighted by Crippen LogP contribution is -2.38. The summed E-state index contributed by atoms with van der Waals surface area (Å²) in [5.41, 5.74) is 6.67. The van der Waals surface area contributed by atoms with E-state index in [1.165, 1.54) is 0 Å². The minimum atomic E-state index is -0.380. The third-order valence-corrected chi connectivity index (χ3v) is 4.53. The van der Waals surface area contributed by atoms with Crippen molar-refractivity contribution in [1.82, 2.24) is 10.2 Å². The SMILES string of the molecule is Cl.NCC(=O)NCC(=O)Nc1ccc(CC(=O)N2CCSCC2)cc1. The maximum absolute atomic E-state index is 12.2. The molecule has 0 bridgehead atoms. The molecular weight excluding hydrogens is 364 g/mol. The second-order valence-corrected chi connectivity index (χ2v) is 6.62. The average Bonchev–Trinajstić information content (AvgIpc) is 2.62. The Morgan fingerprint density at radius 3 is 2.32 bits per heavy atom. The molecule has 0 radical (unpaired) electrons.